The Bertz CT molecular complexity index is 913. The molecular weight excluding hydrogens is 383 g/mol. The van der Waals surface area contributed by atoms with Crippen LogP contribution in [0.3, 0.4) is 0 Å². The van der Waals surface area contributed by atoms with Crippen LogP contribution >= 0.6 is 11.6 Å². The zero-order valence-electron chi connectivity index (χ0n) is 12.6. The van der Waals surface area contributed by atoms with Crippen LogP contribution in [0.4, 0.5) is 13.2 Å². The van der Waals surface area contributed by atoms with Crippen LogP contribution in [0.25, 0.3) is 0 Å². The lowest BCUT2D eigenvalue weighted by Gasteiger charge is -2.11. The van der Waals surface area contributed by atoms with Crippen molar-refractivity contribution in [1.82, 2.24) is 4.72 Å². The van der Waals surface area contributed by atoms with E-state index >= 15 is 0 Å². The highest BCUT2D eigenvalue weighted by Crippen LogP contribution is 2.34. The SMILES string of the molecule is CS(=O)(=O)NC(=O)c1ccc(Oc2cccc(C(F)(F)F)c2)c(Cl)c1. The highest BCUT2D eigenvalue weighted by molar-refractivity contribution is 7.89. The average Bonchev–Trinajstić information content (AvgIpc) is 2.47. The Morgan fingerprint density at radius 2 is 1.84 bits per heavy atom. The number of ether oxygens (including phenoxy) is 1. The molecule has 2 aromatic rings. The average molecular weight is 394 g/mol. The molecule has 0 saturated heterocycles. The Labute approximate surface area is 146 Å². The standard InChI is InChI=1S/C15H11ClF3NO4S/c1-25(22,23)20-14(21)9-5-6-13(12(16)7-9)24-11-4-2-3-10(8-11)15(17,18)19/h2-8H,1H3,(H,20,21). The fraction of sp³-hybridized carbons (Fsp3) is 0.133. The van der Waals surface area contributed by atoms with E-state index in [0.29, 0.717) is 0 Å². The van der Waals surface area contributed by atoms with Crippen molar-refractivity contribution in [3.05, 3.63) is 58.6 Å². The van der Waals surface area contributed by atoms with E-state index in [1.54, 1.807) is 4.72 Å². The van der Waals surface area contributed by atoms with Crippen molar-refractivity contribution in [3.63, 3.8) is 0 Å². The van der Waals surface area contributed by atoms with Crippen LogP contribution in [0, 0.1) is 0 Å². The van der Waals surface area contributed by atoms with Gasteiger partial charge in [0.25, 0.3) is 5.91 Å². The van der Waals surface area contributed by atoms with Crippen molar-refractivity contribution in [2.45, 2.75) is 6.18 Å². The molecule has 134 valence electrons. The number of hydrogen-bond acceptors (Lipinski definition) is 4. The molecule has 25 heavy (non-hydrogen) atoms. The van der Waals surface area contributed by atoms with E-state index in [0.717, 1.165) is 24.5 Å². The van der Waals surface area contributed by atoms with E-state index in [4.69, 9.17) is 16.3 Å². The molecule has 0 atom stereocenters. The minimum Gasteiger partial charge on any atom is -0.456 e. The number of rotatable bonds is 4. The predicted octanol–water partition coefficient (Wildman–Crippen LogP) is 3.84. The number of sulfonamides is 1. The van der Waals surface area contributed by atoms with Gasteiger partial charge < -0.3 is 4.74 Å². The zero-order chi connectivity index (χ0) is 18.8. The first-order valence-electron chi connectivity index (χ1n) is 6.62. The molecule has 0 spiro atoms. The fourth-order valence-electron chi connectivity index (χ4n) is 1.82. The van der Waals surface area contributed by atoms with E-state index in [-0.39, 0.29) is 22.1 Å². The second-order valence-electron chi connectivity index (χ2n) is 4.98. The van der Waals surface area contributed by atoms with E-state index in [1.807, 2.05) is 0 Å². The zero-order valence-corrected chi connectivity index (χ0v) is 14.2. The topological polar surface area (TPSA) is 72.5 Å². The second kappa shape index (κ2) is 6.93. The molecule has 0 radical (unpaired) electrons. The molecule has 0 bridgehead atoms. The molecule has 5 nitrogen and oxygen atoms in total. The Hall–Kier alpha value is -2.26. The van der Waals surface area contributed by atoms with Gasteiger partial charge in [-0.2, -0.15) is 13.2 Å². The molecule has 0 heterocycles. The van der Waals surface area contributed by atoms with Crippen LogP contribution in [0.5, 0.6) is 11.5 Å². The third-order valence-corrected chi connectivity index (χ3v) is 3.71. The largest absolute Gasteiger partial charge is 0.456 e. The van der Waals surface area contributed by atoms with Gasteiger partial charge in [-0.1, -0.05) is 17.7 Å². The molecule has 0 unspecified atom stereocenters. The summed E-state index contributed by atoms with van der Waals surface area (Å²) in [5, 5.41) is -0.0708. The maximum absolute atomic E-state index is 12.7. The van der Waals surface area contributed by atoms with E-state index < -0.39 is 27.7 Å². The molecule has 2 aromatic carbocycles. The number of halogens is 4. The number of amides is 1. The highest BCUT2D eigenvalue weighted by atomic mass is 35.5. The lowest BCUT2D eigenvalue weighted by molar-refractivity contribution is -0.137. The molecule has 0 aliphatic carbocycles. The van der Waals surface area contributed by atoms with E-state index in [9.17, 15) is 26.4 Å². The van der Waals surface area contributed by atoms with Crippen molar-refractivity contribution in [2.24, 2.45) is 0 Å². The van der Waals surface area contributed by atoms with Crippen molar-refractivity contribution >= 4 is 27.5 Å². The monoisotopic (exact) mass is 393 g/mol. The van der Waals surface area contributed by atoms with E-state index in [2.05, 4.69) is 0 Å². The number of benzene rings is 2. The van der Waals surface area contributed by atoms with Gasteiger partial charge in [0.05, 0.1) is 16.8 Å². The summed E-state index contributed by atoms with van der Waals surface area (Å²) >= 11 is 5.95. The Morgan fingerprint density at radius 3 is 2.40 bits per heavy atom. The van der Waals surface area contributed by atoms with Gasteiger partial charge in [0, 0.05) is 5.56 Å². The molecular formula is C15H11ClF3NO4S. The van der Waals surface area contributed by atoms with Gasteiger partial charge in [-0.05, 0) is 36.4 Å². The summed E-state index contributed by atoms with van der Waals surface area (Å²) in [7, 11) is -3.74. The van der Waals surface area contributed by atoms with Crippen LogP contribution in [-0.4, -0.2) is 20.6 Å². The van der Waals surface area contributed by atoms with Crippen LogP contribution in [0.15, 0.2) is 42.5 Å². The van der Waals surface area contributed by atoms with Gasteiger partial charge in [-0.3, -0.25) is 4.79 Å². The lowest BCUT2D eigenvalue weighted by atomic mass is 10.2. The fourth-order valence-corrected chi connectivity index (χ4v) is 2.49. The molecule has 0 fully saturated rings. The molecule has 0 saturated carbocycles. The maximum atomic E-state index is 12.7. The van der Waals surface area contributed by atoms with Crippen LogP contribution in [0.2, 0.25) is 5.02 Å². The number of alkyl halides is 3. The van der Waals surface area contributed by atoms with Gasteiger partial charge in [-0.25, -0.2) is 13.1 Å². The summed E-state index contributed by atoms with van der Waals surface area (Å²) in [6, 6.07) is 7.82. The number of carbonyl (C=O) groups excluding carboxylic acids is 1. The maximum Gasteiger partial charge on any atom is 0.416 e. The Morgan fingerprint density at radius 1 is 1.16 bits per heavy atom. The minimum absolute atomic E-state index is 0.0110. The smallest absolute Gasteiger partial charge is 0.416 e. The van der Waals surface area contributed by atoms with Crippen LogP contribution < -0.4 is 9.46 Å². The van der Waals surface area contributed by atoms with Gasteiger partial charge in [-0.15, -0.1) is 0 Å². The summed E-state index contributed by atoms with van der Waals surface area (Å²) < 4.78 is 67.2. The second-order valence-corrected chi connectivity index (χ2v) is 7.13. The predicted molar refractivity (Wildman–Crippen MR) is 85.3 cm³/mol. The van der Waals surface area contributed by atoms with Gasteiger partial charge >= 0.3 is 6.18 Å². The van der Waals surface area contributed by atoms with Crippen molar-refractivity contribution in [3.8, 4) is 11.5 Å². The van der Waals surface area contributed by atoms with Crippen LogP contribution in [0.1, 0.15) is 15.9 Å². The summed E-state index contributed by atoms with van der Waals surface area (Å²) in [6.07, 6.45) is -3.70. The molecule has 0 aromatic heterocycles. The van der Waals surface area contributed by atoms with Gasteiger partial charge in [0.15, 0.2) is 0 Å². The lowest BCUT2D eigenvalue weighted by Crippen LogP contribution is -2.29. The van der Waals surface area contributed by atoms with Crippen molar-refractivity contribution < 1.29 is 31.1 Å². The van der Waals surface area contributed by atoms with Crippen molar-refractivity contribution in [1.29, 1.82) is 0 Å². The minimum atomic E-state index is -4.52. The molecule has 1 N–H and O–H groups in total. The summed E-state index contributed by atoms with van der Waals surface area (Å²) in [5.41, 5.74) is -0.933. The number of nitrogens with one attached hydrogen (secondary N) is 1. The summed E-state index contributed by atoms with van der Waals surface area (Å²) in [5.74, 6) is -0.975. The van der Waals surface area contributed by atoms with Gasteiger partial charge in [0.1, 0.15) is 11.5 Å². The number of hydrogen-bond donors (Lipinski definition) is 1. The Kier molecular flexibility index (Phi) is 5.28. The normalized spacial score (nSPS) is 11.9. The third-order valence-electron chi connectivity index (χ3n) is 2.86. The molecule has 2 rings (SSSR count). The quantitative estimate of drug-likeness (QED) is 0.856. The summed E-state index contributed by atoms with van der Waals surface area (Å²) in [6.45, 7) is 0. The molecule has 0 aliphatic heterocycles. The first kappa shape index (κ1) is 19.1. The molecule has 0 aliphatic rings. The first-order valence-corrected chi connectivity index (χ1v) is 8.89. The van der Waals surface area contributed by atoms with Crippen molar-refractivity contribution in [2.75, 3.05) is 6.26 Å². The van der Waals surface area contributed by atoms with E-state index in [1.165, 1.54) is 24.3 Å². The van der Waals surface area contributed by atoms with Crippen LogP contribution in [-0.2, 0) is 16.2 Å². The molecule has 10 heteroatoms. The summed E-state index contributed by atoms with van der Waals surface area (Å²) in [4.78, 5) is 11.7. The first-order chi connectivity index (χ1) is 11.5. The third kappa shape index (κ3) is 5.36. The molecule has 1 amide bonds. The van der Waals surface area contributed by atoms with Gasteiger partial charge in [0.2, 0.25) is 10.0 Å². The highest BCUT2D eigenvalue weighted by Gasteiger charge is 2.30. The number of carbonyl (C=O) groups is 1. The Balaban J connectivity index is 2.23.